The van der Waals surface area contributed by atoms with Gasteiger partial charge < -0.3 is 20.4 Å². The molecule has 1 aromatic rings. The fraction of sp³-hybridized carbons (Fsp3) is 0.600. The molecule has 7 heteroatoms. The third kappa shape index (κ3) is 7.54. The average Bonchev–Trinajstić information content (AvgIpc) is 3.22. The second-order valence-electron chi connectivity index (χ2n) is 7.02. The van der Waals surface area contributed by atoms with Crippen molar-refractivity contribution in [2.75, 3.05) is 0 Å². The van der Waals surface area contributed by atoms with E-state index in [4.69, 9.17) is 5.11 Å². The molecule has 0 amide bonds. The fourth-order valence-corrected chi connectivity index (χ4v) is 4.09. The molecular formula is C20H29NO5S. The zero-order valence-electron chi connectivity index (χ0n) is 15.4. The maximum absolute atomic E-state index is 10.5. The van der Waals surface area contributed by atoms with Gasteiger partial charge in [0.25, 0.3) is 0 Å². The van der Waals surface area contributed by atoms with Crippen molar-refractivity contribution in [1.82, 2.24) is 4.98 Å². The van der Waals surface area contributed by atoms with Gasteiger partial charge in [0, 0.05) is 36.8 Å². The van der Waals surface area contributed by atoms with E-state index in [2.05, 4.69) is 4.98 Å². The van der Waals surface area contributed by atoms with Crippen LogP contribution in [0, 0.1) is 11.8 Å². The monoisotopic (exact) mass is 395 g/mol. The number of unbranched alkanes of at least 4 members (excludes halogenated alkanes) is 1. The summed E-state index contributed by atoms with van der Waals surface area (Å²) in [6, 6.07) is 0. The number of nitrogens with zero attached hydrogens (tertiary/aromatic N) is 1. The van der Waals surface area contributed by atoms with E-state index in [1.807, 2.05) is 23.6 Å². The number of hydrogen-bond donors (Lipinski definition) is 4. The second-order valence-corrected chi connectivity index (χ2v) is 8.00. The van der Waals surface area contributed by atoms with Crippen LogP contribution in [-0.4, -0.2) is 49.7 Å². The van der Waals surface area contributed by atoms with Crippen molar-refractivity contribution in [3.05, 3.63) is 40.9 Å². The SMILES string of the molecule is O=C(O)CCCC=CC[C@@H]1[C@@H](C=C[C@@H](O)CCc2nccs2)[C@H](O)C[C@@H]1O. The molecule has 1 saturated carbocycles. The molecule has 5 atom stereocenters. The Kier molecular flexibility index (Phi) is 9.14. The number of allylic oxidation sites excluding steroid dienone is 2. The van der Waals surface area contributed by atoms with Crippen LogP contribution in [0.2, 0.25) is 0 Å². The van der Waals surface area contributed by atoms with Gasteiger partial charge in [-0.1, -0.05) is 24.3 Å². The Morgan fingerprint density at radius 1 is 1.33 bits per heavy atom. The molecule has 0 spiro atoms. The van der Waals surface area contributed by atoms with E-state index < -0.39 is 24.3 Å². The molecule has 0 bridgehead atoms. The summed E-state index contributed by atoms with van der Waals surface area (Å²) in [5, 5.41) is 42.1. The minimum absolute atomic E-state index is 0.0989. The summed E-state index contributed by atoms with van der Waals surface area (Å²) in [4.78, 5) is 14.7. The molecule has 1 aliphatic carbocycles. The van der Waals surface area contributed by atoms with Gasteiger partial charge in [0.15, 0.2) is 0 Å². The number of carboxylic acids is 1. The topological polar surface area (TPSA) is 111 Å². The molecule has 0 aromatic carbocycles. The van der Waals surface area contributed by atoms with Gasteiger partial charge in [-0.25, -0.2) is 4.98 Å². The van der Waals surface area contributed by atoms with Crippen molar-refractivity contribution in [2.24, 2.45) is 11.8 Å². The maximum Gasteiger partial charge on any atom is 0.303 e. The Morgan fingerprint density at radius 2 is 2.15 bits per heavy atom. The first-order chi connectivity index (χ1) is 13.0. The zero-order chi connectivity index (χ0) is 19.6. The summed E-state index contributed by atoms with van der Waals surface area (Å²) in [6.45, 7) is 0. The molecule has 1 aliphatic rings. The predicted octanol–water partition coefficient (Wildman–Crippen LogP) is 2.55. The molecule has 150 valence electrons. The van der Waals surface area contributed by atoms with Crippen molar-refractivity contribution < 1.29 is 25.2 Å². The first-order valence-electron chi connectivity index (χ1n) is 9.45. The Bertz CT molecular complexity index is 616. The number of carboxylic acid groups (broad SMARTS) is 1. The highest BCUT2D eigenvalue weighted by Gasteiger charge is 2.39. The zero-order valence-corrected chi connectivity index (χ0v) is 16.2. The van der Waals surface area contributed by atoms with Gasteiger partial charge in [0.2, 0.25) is 0 Å². The molecule has 1 aromatic heterocycles. The first-order valence-corrected chi connectivity index (χ1v) is 10.3. The normalized spacial score (nSPS) is 26.9. The van der Waals surface area contributed by atoms with Crippen molar-refractivity contribution in [3.63, 3.8) is 0 Å². The van der Waals surface area contributed by atoms with Gasteiger partial charge in [-0.05, 0) is 31.6 Å². The van der Waals surface area contributed by atoms with Crippen molar-refractivity contribution >= 4 is 17.3 Å². The lowest BCUT2D eigenvalue weighted by Crippen LogP contribution is -2.20. The van der Waals surface area contributed by atoms with Crippen LogP contribution < -0.4 is 0 Å². The Labute approximate surface area is 163 Å². The molecule has 2 rings (SSSR count). The smallest absolute Gasteiger partial charge is 0.303 e. The van der Waals surface area contributed by atoms with E-state index in [1.54, 1.807) is 23.6 Å². The average molecular weight is 396 g/mol. The number of aliphatic hydroxyl groups is 3. The van der Waals surface area contributed by atoms with Gasteiger partial charge >= 0.3 is 5.97 Å². The van der Waals surface area contributed by atoms with E-state index in [0.29, 0.717) is 38.5 Å². The summed E-state index contributed by atoms with van der Waals surface area (Å²) in [5.74, 6) is -1.09. The molecule has 1 heterocycles. The molecular weight excluding hydrogens is 366 g/mol. The number of aromatic nitrogens is 1. The lowest BCUT2D eigenvalue weighted by molar-refractivity contribution is -0.137. The second kappa shape index (κ2) is 11.3. The van der Waals surface area contributed by atoms with Crippen LogP contribution in [0.5, 0.6) is 0 Å². The highest BCUT2D eigenvalue weighted by molar-refractivity contribution is 7.09. The van der Waals surface area contributed by atoms with Crippen LogP contribution in [0.4, 0.5) is 0 Å². The summed E-state index contributed by atoms with van der Waals surface area (Å²) in [5.41, 5.74) is 0. The van der Waals surface area contributed by atoms with E-state index in [-0.39, 0.29) is 18.3 Å². The molecule has 1 fully saturated rings. The molecule has 4 N–H and O–H groups in total. The lowest BCUT2D eigenvalue weighted by atomic mass is 9.89. The fourth-order valence-electron chi connectivity index (χ4n) is 3.45. The summed E-state index contributed by atoms with van der Waals surface area (Å²) < 4.78 is 0. The standard InChI is InChI=1S/C20H29NO5S/c22-14(8-10-19-21-11-12-27-19)7-9-16-15(17(23)13-18(16)24)5-3-1-2-4-6-20(25)26/h1,3,7,9,11-12,14-18,22-24H,2,4-6,8,10,13H2,(H,25,26)/t14-,15-,16-,17+,18-/m1/s1. The molecule has 0 aliphatic heterocycles. The predicted molar refractivity (Wildman–Crippen MR) is 104 cm³/mol. The molecule has 27 heavy (non-hydrogen) atoms. The van der Waals surface area contributed by atoms with Gasteiger partial charge in [-0.15, -0.1) is 11.3 Å². The molecule has 6 nitrogen and oxygen atoms in total. The molecule has 0 saturated heterocycles. The number of hydrogen-bond acceptors (Lipinski definition) is 6. The number of thiazole rings is 1. The van der Waals surface area contributed by atoms with Crippen molar-refractivity contribution in [3.8, 4) is 0 Å². The molecule has 0 unspecified atom stereocenters. The number of aliphatic carboxylic acids is 1. The van der Waals surface area contributed by atoms with Crippen LogP contribution in [0.15, 0.2) is 35.9 Å². The van der Waals surface area contributed by atoms with Crippen LogP contribution >= 0.6 is 11.3 Å². The number of aryl methyl sites for hydroxylation is 1. The van der Waals surface area contributed by atoms with Crippen molar-refractivity contribution in [1.29, 1.82) is 0 Å². The highest BCUT2D eigenvalue weighted by Crippen LogP contribution is 2.36. The van der Waals surface area contributed by atoms with Crippen LogP contribution in [-0.2, 0) is 11.2 Å². The van der Waals surface area contributed by atoms with E-state index >= 15 is 0 Å². The van der Waals surface area contributed by atoms with Gasteiger partial charge in [-0.2, -0.15) is 0 Å². The van der Waals surface area contributed by atoms with Gasteiger partial charge in [0.05, 0.1) is 23.3 Å². The minimum Gasteiger partial charge on any atom is -0.481 e. The van der Waals surface area contributed by atoms with Gasteiger partial charge in [-0.3, -0.25) is 4.79 Å². The van der Waals surface area contributed by atoms with E-state index in [0.717, 1.165) is 5.01 Å². The molecule has 0 radical (unpaired) electrons. The van der Waals surface area contributed by atoms with E-state index in [9.17, 15) is 20.1 Å². The number of aliphatic hydroxyl groups excluding tert-OH is 3. The van der Waals surface area contributed by atoms with Crippen molar-refractivity contribution in [2.45, 2.75) is 63.3 Å². The third-order valence-electron chi connectivity index (χ3n) is 4.95. The largest absolute Gasteiger partial charge is 0.481 e. The van der Waals surface area contributed by atoms with Crippen LogP contribution in [0.1, 0.15) is 43.5 Å². The summed E-state index contributed by atoms with van der Waals surface area (Å²) in [6.07, 6.45) is 11.0. The highest BCUT2D eigenvalue weighted by atomic mass is 32.1. The van der Waals surface area contributed by atoms with Gasteiger partial charge in [0.1, 0.15) is 0 Å². The Hall–Kier alpha value is -1.54. The Morgan fingerprint density at radius 3 is 2.85 bits per heavy atom. The van der Waals surface area contributed by atoms with Crippen LogP contribution in [0.25, 0.3) is 0 Å². The minimum atomic E-state index is -0.795. The number of rotatable bonds is 11. The van der Waals surface area contributed by atoms with Crippen LogP contribution in [0.3, 0.4) is 0 Å². The quantitative estimate of drug-likeness (QED) is 0.338. The third-order valence-corrected chi connectivity index (χ3v) is 5.78. The maximum atomic E-state index is 10.5. The summed E-state index contributed by atoms with van der Waals surface area (Å²) >= 11 is 1.57. The Balaban J connectivity index is 1.81. The summed E-state index contributed by atoms with van der Waals surface area (Å²) in [7, 11) is 0. The van der Waals surface area contributed by atoms with E-state index in [1.165, 1.54) is 0 Å². The number of carbonyl (C=O) groups is 1. The first kappa shape index (κ1) is 21.8. The lowest BCUT2D eigenvalue weighted by Gasteiger charge is -2.19.